The maximum Gasteiger partial charge on any atom is 0.312 e. The molecule has 1 aromatic heterocycles. The van der Waals surface area contributed by atoms with Crippen LogP contribution in [0.25, 0.3) is 16.6 Å². The van der Waals surface area contributed by atoms with Crippen molar-refractivity contribution < 1.29 is 28.5 Å². The summed E-state index contributed by atoms with van der Waals surface area (Å²) in [7, 11) is 0. The lowest BCUT2D eigenvalue weighted by Crippen LogP contribution is -2.46. The van der Waals surface area contributed by atoms with Crippen LogP contribution >= 0.6 is 0 Å². The molecule has 32 heavy (non-hydrogen) atoms. The Kier molecular flexibility index (Phi) is 5.08. The van der Waals surface area contributed by atoms with Crippen LogP contribution in [0.4, 0.5) is 8.78 Å². The lowest BCUT2D eigenvalue weighted by molar-refractivity contribution is -0.158. The Hall–Kier alpha value is -2.93. The highest BCUT2D eigenvalue weighted by Crippen LogP contribution is 2.53. The van der Waals surface area contributed by atoms with Crippen molar-refractivity contribution in [1.29, 1.82) is 0 Å². The van der Waals surface area contributed by atoms with Gasteiger partial charge in [0.15, 0.2) is 0 Å². The molecule has 0 radical (unpaired) electrons. The van der Waals surface area contributed by atoms with Gasteiger partial charge >= 0.3 is 5.97 Å². The van der Waals surface area contributed by atoms with Crippen LogP contribution in [0.15, 0.2) is 42.5 Å². The molecule has 2 atom stereocenters. The normalized spacial score (nSPS) is 21.8. The van der Waals surface area contributed by atoms with Gasteiger partial charge in [-0.25, -0.2) is 8.78 Å². The molecule has 0 saturated carbocycles. The number of benzene rings is 2. The average molecular weight is 443 g/mol. The van der Waals surface area contributed by atoms with Crippen LogP contribution in [0.5, 0.6) is 5.75 Å². The summed E-state index contributed by atoms with van der Waals surface area (Å²) < 4.78 is 35.8. The third-order valence-electron chi connectivity index (χ3n) is 6.52. The monoisotopic (exact) mass is 443 g/mol. The summed E-state index contributed by atoms with van der Waals surface area (Å²) in [5.41, 5.74) is -0.526. The summed E-state index contributed by atoms with van der Waals surface area (Å²) in [6.07, 6.45) is -0.119. The Morgan fingerprint density at radius 3 is 2.44 bits per heavy atom. The summed E-state index contributed by atoms with van der Waals surface area (Å²) in [6, 6.07) is 11.2. The molecule has 2 N–H and O–H groups in total. The van der Waals surface area contributed by atoms with Crippen LogP contribution < -0.4 is 0 Å². The molecule has 0 amide bonds. The lowest BCUT2D eigenvalue weighted by Gasteiger charge is -2.45. The highest BCUT2D eigenvalue weighted by molar-refractivity contribution is 5.94. The topological polar surface area (TPSA) is 71.7 Å². The van der Waals surface area contributed by atoms with Crippen molar-refractivity contribution in [2.24, 2.45) is 5.41 Å². The van der Waals surface area contributed by atoms with Gasteiger partial charge in [0.2, 0.25) is 0 Å². The fourth-order valence-corrected chi connectivity index (χ4v) is 4.88. The second-order valence-corrected chi connectivity index (χ2v) is 9.79. The smallest absolute Gasteiger partial charge is 0.312 e. The second-order valence-electron chi connectivity index (χ2n) is 9.79. The number of rotatable bonds is 5. The third-order valence-corrected chi connectivity index (χ3v) is 6.52. The Labute approximate surface area is 185 Å². The summed E-state index contributed by atoms with van der Waals surface area (Å²) in [6.45, 7) is 6.31. The van der Waals surface area contributed by atoms with E-state index in [1.807, 2.05) is 24.5 Å². The van der Waals surface area contributed by atoms with E-state index < -0.39 is 29.1 Å². The van der Waals surface area contributed by atoms with Crippen LogP contribution in [-0.4, -0.2) is 34.0 Å². The predicted molar refractivity (Wildman–Crippen MR) is 118 cm³/mol. The van der Waals surface area contributed by atoms with Crippen molar-refractivity contribution in [3.63, 3.8) is 0 Å². The fourth-order valence-electron chi connectivity index (χ4n) is 4.88. The third kappa shape index (κ3) is 3.26. The number of phenolic OH excluding ortho intramolecular Hbond substituents is 1. The number of halogens is 2. The van der Waals surface area contributed by atoms with Crippen molar-refractivity contribution in [2.75, 3.05) is 13.3 Å². The number of alkyl halides is 1. The van der Waals surface area contributed by atoms with E-state index in [0.717, 1.165) is 5.69 Å². The van der Waals surface area contributed by atoms with Gasteiger partial charge in [0.25, 0.3) is 0 Å². The molecule has 0 bridgehead atoms. The number of fused-ring (bicyclic) bond motifs is 3. The summed E-state index contributed by atoms with van der Waals surface area (Å²) >= 11 is 0. The second kappa shape index (κ2) is 7.30. The number of carboxylic acid groups (broad SMARTS) is 1. The van der Waals surface area contributed by atoms with E-state index in [2.05, 4.69) is 0 Å². The molecule has 7 heteroatoms. The number of nitrogens with zero attached hydrogens (tertiary/aromatic N) is 1. The lowest BCUT2D eigenvalue weighted by atomic mass is 9.71. The van der Waals surface area contributed by atoms with Crippen molar-refractivity contribution in [2.45, 2.75) is 45.1 Å². The van der Waals surface area contributed by atoms with Gasteiger partial charge in [0.1, 0.15) is 18.2 Å². The number of hydrogen-bond donors (Lipinski definition) is 2. The SMILES string of the molecule is CC1(C)CO[C@](C)(C[C@@](C)(CF)C(=O)O)c2c1n(-c1ccc(F)cc1)c1cccc(O)c21. The first kappa shape index (κ1) is 22.3. The van der Waals surface area contributed by atoms with Crippen molar-refractivity contribution >= 4 is 16.9 Å². The van der Waals surface area contributed by atoms with Crippen LogP contribution in [-0.2, 0) is 20.5 Å². The van der Waals surface area contributed by atoms with Gasteiger partial charge in [0.05, 0.1) is 23.1 Å². The zero-order valence-corrected chi connectivity index (χ0v) is 18.6. The Balaban J connectivity index is 2.10. The Bertz CT molecular complexity index is 1200. The minimum atomic E-state index is -1.66. The van der Waals surface area contributed by atoms with Crippen molar-refractivity contribution in [1.82, 2.24) is 4.57 Å². The highest BCUT2D eigenvalue weighted by Gasteiger charge is 2.51. The summed E-state index contributed by atoms with van der Waals surface area (Å²) in [4.78, 5) is 11.9. The van der Waals surface area contributed by atoms with Gasteiger partial charge < -0.3 is 19.5 Å². The number of phenols is 1. The maximum atomic E-state index is 13.9. The van der Waals surface area contributed by atoms with Gasteiger partial charge in [0, 0.05) is 27.7 Å². The molecule has 5 nitrogen and oxygen atoms in total. The van der Waals surface area contributed by atoms with E-state index in [9.17, 15) is 23.8 Å². The minimum Gasteiger partial charge on any atom is -0.507 e. The van der Waals surface area contributed by atoms with E-state index in [0.29, 0.717) is 22.2 Å². The number of aromatic nitrogens is 1. The molecule has 4 rings (SSSR count). The Morgan fingerprint density at radius 2 is 1.84 bits per heavy atom. The first-order chi connectivity index (χ1) is 14.9. The van der Waals surface area contributed by atoms with Gasteiger partial charge in [-0.3, -0.25) is 4.79 Å². The van der Waals surface area contributed by atoms with Crippen LogP contribution in [0.1, 0.15) is 45.4 Å². The number of aliphatic carboxylic acids is 1. The van der Waals surface area contributed by atoms with Gasteiger partial charge in [-0.05, 0) is 56.7 Å². The molecule has 1 aliphatic heterocycles. The molecule has 1 aliphatic rings. The van der Waals surface area contributed by atoms with Gasteiger partial charge in [-0.2, -0.15) is 0 Å². The van der Waals surface area contributed by atoms with Crippen molar-refractivity contribution in [3.8, 4) is 11.4 Å². The van der Waals surface area contributed by atoms with E-state index in [4.69, 9.17) is 4.74 Å². The first-order valence-corrected chi connectivity index (χ1v) is 10.5. The molecular weight excluding hydrogens is 416 g/mol. The first-order valence-electron chi connectivity index (χ1n) is 10.5. The maximum absolute atomic E-state index is 13.9. The van der Waals surface area contributed by atoms with Gasteiger partial charge in [-0.1, -0.05) is 19.9 Å². The molecule has 170 valence electrons. The highest BCUT2D eigenvalue weighted by atomic mass is 19.1. The largest absolute Gasteiger partial charge is 0.507 e. The number of carboxylic acids is 1. The molecule has 0 fully saturated rings. The zero-order valence-electron chi connectivity index (χ0n) is 18.6. The molecule has 0 aliphatic carbocycles. The van der Waals surface area contributed by atoms with Gasteiger partial charge in [-0.15, -0.1) is 0 Å². The zero-order chi connectivity index (χ0) is 23.5. The summed E-state index contributed by atoms with van der Waals surface area (Å²) in [5.74, 6) is -1.60. The number of ether oxygens (including phenoxy) is 1. The van der Waals surface area contributed by atoms with E-state index >= 15 is 0 Å². The number of hydrogen-bond acceptors (Lipinski definition) is 3. The predicted octanol–water partition coefficient (Wildman–Crippen LogP) is 5.45. The fraction of sp³-hybridized carbons (Fsp3) is 0.400. The van der Waals surface area contributed by atoms with E-state index in [1.54, 1.807) is 31.2 Å². The Morgan fingerprint density at radius 1 is 1.19 bits per heavy atom. The van der Waals surface area contributed by atoms with Crippen molar-refractivity contribution in [3.05, 3.63) is 59.5 Å². The van der Waals surface area contributed by atoms with Crippen LogP contribution in [0, 0.1) is 11.2 Å². The number of carbonyl (C=O) groups is 1. The van der Waals surface area contributed by atoms with Crippen LogP contribution in [0.3, 0.4) is 0 Å². The molecule has 2 aromatic carbocycles. The average Bonchev–Trinajstić information content (AvgIpc) is 3.11. The molecular formula is C25H27F2NO4. The quantitative estimate of drug-likeness (QED) is 0.550. The van der Waals surface area contributed by atoms with E-state index in [1.165, 1.54) is 19.1 Å². The number of aromatic hydroxyl groups is 1. The summed E-state index contributed by atoms with van der Waals surface area (Å²) in [5, 5.41) is 21.1. The molecule has 3 aromatic rings. The molecule has 0 saturated heterocycles. The van der Waals surface area contributed by atoms with E-state index in [-0.39, 0.29) is 24.6 Å². The molecule has 0 unspecified atom stereocenters. The molecule has 0 spiro atoms. The van der Waals surface area contributed by atoms with Crippen LogP contribution in [0.2, 0.25) is 0 Å². The molecule has 2 heterocycles. The standard InChI is InChI=1S/C25H27F2NO4/c1-23(2)14-32-25(4,12-24(3,13-26)22(30)31)20-19-17(6-5-7-18(19)29)28(21(20)23)16-10-8-15(27)9-11-16/h5-11,29H,12-14H2,1-4H3,(H,30,31)/t24-,25+/m0/s1. The minimum absolute atomic E-state index is 0.0180.